The molecule has 1 aliphatic rings. The van der Waals surface area contributed by atoms with Crippen LogP contribution < -0.4 is 0 Å². The standard InChI is InChI=1S/C19H12ClF2NO2S/c20-15-4-3-14(26-15)19-16(17(24)10-2-1-5-23-9-10)18(25-19)11-6-12(21)8-13(22)7-11/h1-9,17,19,24H. The van der Waals surface area contributed by atoms with Gasteiger partial charge in [0.05, 0.1) is 14.8 Å². The summed E-state index contributed by atoms with van der Waals surface area (Å²) < 4.78 is 33.6. The van der Waals surface area contributed by atoms with Gasteiger partial charge in [-0.3, -0.25) is 4.98 Å². The Morgan fingerprint density at radius 3 is 2.54 bits per heavy atom. The van der Waals surface area contributed by atoms with Crippen LogP contribution in [0.5, 0.6) is 0 Å². The molecule has 0 saturated heterocycles. The fourth-order valence-electron chi connectivity index (χ4n) is 2.90. The van der Waals surface area contributed by atoms with Crippen molar-refractivity contribution in [1.82, 2.24) is 4.98 Å². The highest BCUT2D eigenvalue weighted by Gasteiger charge is 2.40. The van der Waals surface area contributed by atoms with Gasteiger partial charge in [-0.2, -0.15) is 0 Å². The summed E-state index contributed by atoms with van der Waals surface area (Å²) >= 11 is 7.32. The molecule has 4 rings (SSSR count). The quantitative estimate of drug-likeness (QED) is 0.657. The SMILES string of the molecule is OC(C1=C(c2cc(F)cc(F)c2)OC1c1ccc(Cl)s1)c1cccnc1. The van der Waals surface area contributed by atoms with Crippen molar-refractivity contribution in [3.05, 3.63) is 92.4 Å². The van der Waals surface area contributed by atoms with E-state index in [9.17, 15) is 13.9 Å². The number of ether oxygens (including phenoxy) is 1. The molecule has 26 heavy (non-hydrogen) atoms. The van der Waals surface area contributed by atoms with Crippen LogP contribution in [0.4, 0.5) is 8.78 Å². The van der Waals surface area contributed by atoms with Crippen molar-refractivity contribution in [1.29, 1.82) is 0 Å². The second kappa shape index (κ2) is 6.79. The summed E-state index contributed by atoms with van der Waals surface area (Å²) in [5.41, 5.74) is 1.31. The zero-order valence-electron chi connectivity index (χ0n) is 13.2. The summed E-state index contributed by atoms with van der Waals surface area (Å²) in [7, 11) is 0. The zero-order chi connectivity index (χ0) is 18.3. The van der Waals surface area contributed by atoms with Crippen LogP contribution in [0.2, 0.25) is 4.34 Å². The molecular weight excluding hydrogens is 380 g/mol. The average Bonchev–Trinajstić information content (AvgIpc) is 3.00. The van der Waals surface area contributed by atoms with E-state index in [4.69, 9.17) is 16.3 Å². The van der Waals surface area contributed by atoms with E-state index < -0.39 is 23.8 Å². The molecule has 1 N–H and O–H groups in total. The molecule has 0 spiro atoms. The molecule has 0 amide bonds. The largest absolute Gasteiger partial charge is 0.479 e. The van der Waals surface area contributed by atoms with Crippen LogP contribution in [0.3, 0.4) is 0 Å². The molecule has 0 saturated carbocycles. The minimum atomic E-state index is -1.02. The maximum atomic E-state index is 13.6. The van der Waals surface area contributed by atoms with Crippen LogP contribution in [0.1, 0.15) is 28.2 Å². The van der Waals surface area contributed by atoms with Gasteiger partial charge in [0.25, 0.3) is 0 Å². The maximum absolute atomic E-state index is 13.6. The van der Waals surface area contributed by atoms with Crippen LogP contribution in [0.15, 0.2) is 60.4 Å². The van der Waals surface area contributed by atoms with Crippen molar-refractivity contribution in [2.45, 2.75) is 12.2 Å². The smallest absolute Gasteiger partial charge is 0.161 e. The van der Waals surface area contributed by atoms with E-state index in [1.165, 1.54) is 29.7 Å². The van der Waals surface area contributed by atoms with Crippen LogP contribution in [-0.2, 0) is 4.74 Å². The van der Waals surface area contributed by atoms with Crippen LogP contribution in [0.25, 0.3) is 5.76 Å². The lowest BCUT2D eigenvalue weighted by Crippen LogP contribution is -2.24. The summed E-state index contributed by atoms with van der Waals surface area (Å²) in [5.74, 6) is -1.17. The average molecular weight is 392 g/mol. The van der Waals surface area contributed by atoms with Gasteiger partial charge in [-0.05, 0) is 30.3 Å². The Labute approximate surface area is 157 Å². The van der Waals surface area contributed by atoms with E-state index >= 15 is 0 Å². The van der Waals surface area contributed by atoms with Gasteiger partial charge in [-0.1, -0.05) is 17.7 Å². The highest BCUT2D eigenvalue weighted by molar-refractivity contribution is 7.16. The Balaban J connectivity index is 1.81. The molecule has 2 unspecified atom stereocenters. The molecule has 1 aromatic carbocycles. The van der Waals surface area contributed by atoms with Gasteiger partial charge in [0, 0.05) is 29.6 Å². The Morgan fingerprint density at radius 1 is 1.15 bits per heavy atom. The molecule has 0 fully saturated rings. The summed E-state index contributed by atoms with van der Waals surface area (Å²) in [5, 5.41) is 10.9. The lowest BCUT2D eigenvalue weighted by atomic mass is 9.89. The van der Waals surface area contributed by atoms with Gasteiger partial charge in [0.15, 0.2) is 6.10 Å². The monoisotopic (exact) mass is 391 g/mol. The van der Waals surface area contributed by atoms with Crippen LogP contribution in [0, 0.1) is 11.6 Å². The number of rotatable bonds is 4. The minimum absolute atomic E-state index is 0.236. The number of halogens is 3. The highest BCUT2D eigenvalue weighted by atomic mass is 35.5. The Hall–Kier alpha value is -2.28. The Kier molecular flexibility index (Phi) is 4.48. The second-order valence-electron chi connectivity index (χ2n) is 5.77. The number of nitrogens with zero attached hydrogens (tertiary/aromatic N) is 1. The molecule has 0 aliphatic carbocycles. The number of benzene rings is 1. The normalized spacial score (nSPS) is 17.6. The third-order valence-electron chi connectivity index (χ3n) is 4.05. The van der Waals surface area contributed by atoms with E-state index in [1.807, 2.05) is 0 Å². The fraction of sp³-hybridized carbons (Fsp3) is 0.105. The minimum Gasteiger partial charge on any atom is -0.479 e. The van der Waals surface area contributed by atoms with Gasteiger partial charge in [-0.25, -0.2) is 8.78 Å². The third-order valence-corrected chi connectivity index (χ3v) is 5.33. The molecule has 3 heterocycles. The summed E-state index contributed by atoms with van der Waals surface area (Å²) in [6, 6.07) is 10.1. The van der Waals surface area contributed by atoms with E-state index in [2.05, 4.69) is 4.98 Å². The Morgan fingerprint density at radius 2 is 1.92 bits per heavy atom. The van der Waals surface area contributed by atoms with Crippen molar-refractivity contribution in [3.63, 3.8) is 0 Å². The van der Waals surface area contributed by atoms with Gasteiger partial charge >= 0.3 is 0 Å². The molecule has 3 aromatic rings. The number of aromatic nitrogens is 1. The van der Waals surface area contributed by atoms with Crippen LogP contribution in [-0.4, -0.2) is 10.1 Å². The molecule has 0 bridgehead atoms. The van der Waals surface area contributed by atoms with E-state index in [-0.39, 0.29) is 11.3 Å². The zero-order valence-corrected chi connectivity index (χ0v) is 14.8. The molecule has 2 aromatic heterocycles. The highest BCUT2D eigenvalue weighted by Crippen LogP contribution is 2.51. The second-order valence-corrected chi connectivity index (χ2v) is 7.52. The lowest BCUT2D eigenvalue weighted by Gasteiger charge is -2.36. The van der Waals surface area contributed by atoms with E-state index in [0.717, 1.165) is 10.9 Å². The van der Waals surface area contributed by atoms with E-state index in [0.29, 0.717) is 15.5 Å². The third kappa shape index (κ3) is 3.11. The first-order chi connectivity index (χ1) is 12.5. The van der Waals surface area contributed by atoms with Crippen molar-refractivity contribution >= 4 is 28.7 Å². The van der Waals surface area contributed by atoms with E-state index in [1.54, 1.807) is 30.5 Å². The van der Waals surface area contributed by atoms with Crippen molar-refractivity contribution in [2.24, 2.45) is 0 Å². The number of thiophene rings is 1. The summed E-state index contributed by atoms with van der Waals surface area (Å²) in [6.45, 7) is 0. The van der Waals surface area contributed by atoms with Gasteiger partial charge in [0.1, 0.15) is 23.5 Å². The molecule has 2 atom stereocenters. The van der Waals surface area contributed by atoms with Crippen molar-refractivity contribution in [2.75, 3.05) is 0 Å². The predicted octanol–water partition coefficient (Wildman–Crippen LogP) is 5.29. The molecule has 0 radical (unpaired) electrons. The molecule has 3 nitrogen and oxygen atoms in total. The first-order valence-corrected chi connectivity index (χ1v) is 8.93. The molecule has 1 aliphatic heterocycles. The lowest BCUT2D eigenvalue weighted by molar-refractivity contribution is 0.0959. The topological polar surface area (TPSA) is 42.4 Å². The first-order valence-electron chi connectivity index (χ1n) is 7.73. The molecule has 132 valence electrons. The molecular formula is C19H12ClF2NO2S. The molecule has 7 heteroatoms. The summed E-state index contributed by atoms with van der Waals surface area (Å²) in [4.78, 5) is 4.81. The van der Waals surface area contributed by atoms with Crippen LogP contribution >= 0.6 is 22.9 Å². The number of hydrogen-bond acceptors (Lipinski definition) is 4. The summed E-state index contributed by atoms with van der Waals surface area (Å²) in [6.07, 6.45) is 1.58. The number of aliphatic hydroxyl groups is 1. The Bertz CT molecular complexity index is 970. The van der Waals surface area contributed by atoms with Crippen molar-refractivity contribution in [3.8, 4) is 0 Å². The van der Waals surface area contributed by atoms with Gasteiger partial charge in [0.2, 0.25) is 0 Å². The van der Waals surface area contributed by atoms with Gasteiger partial charge < -0.3 is 9.84 Å². The fourth-order valence-corrected chi connectivity index (χ4v) is 4.01. The van der Waals surface area contributed by atoms with Crippen molar-refractivity contribution < 1.29 is 18.6 Å². The predicted molar refractivity (Wildman–Crippen MR) is 95.6 cm³/mol. The van der Waals surface area contributed by atoms with Gasteiger partial charge in [-0.15, -0.1) is 11.3 Å². The maximum Gasteiger partial charge on any atom is 0.161 e. The number of hydrogen-bond donors (Lipinski definition) is 1. The number of aliphatic hydroxyl groups excluding tert-OH is 1. The first kappa shape index (κ1) is 17.1. The number of pyridine rings is 1.